The number of nitrogens with two attached hydrogens (primary N) is 1. The average Bonchev–Trinajstić information content (AvgIpc) is 2.75. The summed E-state index contributed by atoms with van der Waals surface area (Å²) >= 11 is 0. The smallest absolute Gasteiger partial charge is 0.239 e. The molecule has 154 valence electrons. The molecule has 0 bridgehead atoms. The Kier molecular flexibility index (Phi) is 5.94. The van der Waals surface area contributed by atoms with Gasteiger partial charge in [0.2, 0.25) is 11.9 Å². The number of amides is 1. The fraction of sp³-hybridized carbons (Fsp3) is 0.273. The van der Waals surface area contributed by atoms with Gasteiger partial charge in [-0.1, -0.05) is 24.6 Å². The molecule has 0 spiro atoms. The third kappa shape index (κ3) is 4.60. The molecule has 0 saturated carbocycles. The number of rotatable bonds is 5. The number of piperidine rings is 1. The second kappa shape index (κ2) is 8.96. The third-order valence-corrected chi connectivity index (χ3v) is 5.18. The Labute approximate surface area is 174 Å². The van der Waals surface area contributed by atoms with E-state index in [1.54, 1.807) is 30.6 Å². The van der Waals surface area contributed by atoms with Crippen molar-refractivity contribution in [2.45, 2.75) is 25.3 Å². The second-order valence-electron chi connectivity index (χ2n) is 7.28. The van der Waals surface area contributed by atoms with Crippen molar-refractivity contribution >= 4 is 17.7 Å². The molecule has 1 fully saturated rings. The van der Waals surface area contributed by atoms with Crippen LogP contribution in [-0.2, 0) is 4.79 Å². The van der Waals surface area contributed by atoms with Crippen LogP contribution >= 0.6 is 0 Å². The molecule has 3 aromatic rings. The van der Waals surface area contributed by atoms with Crippen LogP contribution < -0.4 is 11.1 Å². The molecule has 1 aromatic carbocycles. The fourth-order valence-corrected chi connectivity index (χ4v) is 3.84. The minimum Gasteiger partial charge on any atom is -0.368 e. The molecule has 1 amide bonds. The minimum absolute atomic E-state index is 0.114. The number of aromatic nitrogens is 3. The van der Waals surface area contributed by atoms with E-state index in [1.165, 1.54) is 12.1 Å². The number of carbonyl (C=O) groups excluding carboxylic acids is 1. The van der Waals surface area contributed by atoms with Gasteiger partial charge < -0.3 is 11.1 Å². The highest BCUT2D eigenvalue weighted by molar-refractivity contribution is 5.91. The van der Waals surface area contributed by atoms with E-state index < -0.39 is 0 Å². The third-order valence-electron chi connectivity index (χ3n) is 5.18. The monoisotopic (exact) mass is 406 g/mol. The van der Waals surface area contributed by atoms with Gasteiger partial charge in [0, 0.05) is 18.0 Å². The zero-order valence-electron chi connectivity index (χ0n) is 16.5. The summed E-state index contributed by atoms with van der Waals surface area (Å²) < 4.78 is 13.8. The summed E-state index contributed by atoms with van der Waals surface area (Å²) in [5.74, 6) is 0.205. The van der Waals surface area contributed by atoms with E-state index in [0.29, 0.717) is 11.4 Å². The number of anilines is 2. The second-order valence-corrected chi connectivity index (χ2v) is 7.28. The topological polar surface area (TPSA) is 97.0 Å². The summed E-state index contributed by atoms with van der Waals surface area (Å²) in [7, 11) is 0. The van der Waals surface area contributed by atoms with Gasteiger partial charge in [-0.05, 0) is 49.2 Å². The largest absolute Gasteiger partial charge is 0.368 e. The molecule has 0 aliphatic carbocycles. The Bertz CT molecular complexity index is 1030. The maximum Gasteiger partial charge on any atom is 0.239 e. The Morgan fingerprint density at radius 2 is 2.10 bits per heavy atom. The molecule has 0 radical (unpaired) electrons. The summed E-state index contributed by atoms with van der Waals surface area (Å²) in [6.07, 6.45) is 6.09. The predicted octanol–water partition coefficient (Wildman–Crippen LogP) is 3.43. The Morgan fingerprint density at radius 3 is 2.90 bits per heavy atom. The number of carbonyl (C=O) groups is 1. The lowest BCUT2D eigenvalue weighted by Gasteiger charge is -2.35. The average molecular weight is 406 g/mol. The maximum atomic E-state index is 13.8. The van der Waals surface area contributed by atoms with Gasteiger partial charge in [0.25, 0.3) is 0 Å². The molecular formula is C22H23FN6O. The van der Waals surface area contributed by atoms with Crippen molar-refractivity contribution in [2.24, 2.45) is 0 Å². The molecule has 30 heavy (non-hydrogen) atoms. The molecule has 3 heterocycles. The number of pyridine rings is 1. The number of nitrogens with one attached hydrogen (secondary N) is 1. The summed E-state index contributed by atoms with van der Waals surface area (Å²) in [5, 5.41) is 2.83. The van der Waals surface area contributed by atoms with Gasteiger partial charge in [-0.25, -0.2) is 19.3 Å². The van der Waals surface area contributed by atoms with Crippen LogP contribution in [0, 0.1) is 5.82 Å². The Morgan fingerprint density at radius 1 is 1.20 bits per heavy atom. The lowest BCUT2D eigenvalue weighted by atomic mass is 9.93. The molecule has 1 saturated heterocycles. The normalized spacial score (nSPS) is 16.9. The van der Waals surface area contributed by atoms with Crippen LogP contribution in [0.3, 0.4) is 0 Å². The van der Waals surface area contributed by atoms with Gasteiger partial charge in [-0.15, -0.1) is 0 Å². The number of likely N-dealkylation sites (tertiary alicyclic amines) is 1. The number of nitrogens with zero attached hydrogens (tertiary/aromatic N) is 4. The summed E-state index contributed by atoms with van der Waals surface area (Å²) in [6.45, 7) is 0.959. The van der Waals surface area contributed by atoms with E-state index in [9.17, 15) is 9.18 Å². The molecule has 1 aliphatic rings. The molecule has 4 rings (SSSR count). The lowest BCUT2D eigenvalue weighted by Crippen LogP contribution is -2.40. The van der Waals surface area contributed by atoms with Crippen LogP contribution in [0.5, 0.6) is 0 Å². The Balaban J connectivity index is 1.61. The number of benzene rings is 1. The lowest BCUT2D eigenvalue weighted by molar-refractivity contribution is -0.118. The van der Waals surface area contributed by atoms with Crippen molar-refractivity contribution in [3.8, 4) is 11.1 Å². The highest BCUT2D eigenvalue weighted by atomic mass is 19.1. The van der Waals surface area contributed by atoms with Crippen LogP contribution in [0.1, 0.15) is 31.0 Å². The van der Waals surface area contributed by atoms with Gasteiger partial charge >= 0.3 is 0 Å². The van der Waals surface area contributed by atoms with E-state index in [4.69, 9.17) is 5.73 Å². The van der Waals surface area contributed by atoms with Crippen LogP contribution in [-0.4, -0.2) is 38.8 Å². The number of halogens is 1. The first-order valence-electron chi connectivity index (χ1n) is 9.93. The van der Waals surface area contributed by atoms with E-state index in [2.05, 4.69) is 25.2 Å². The van der Waals surface area contributed by atoms with Crippen LogP contribution in [0.15, 0.2) is 54.9 Å². The van der Waals surface area contributed by atoms with E-state index in [0.717, 1.165) is 37.1 Å². The quantitative estimate of drug-likeness (QED) is 0.674. The number of nitrogen functional groups attached to an aromatic ring is 1. The molecule has 1 atom stereocenters. The molecule has 2 aromatic heterocycles. The zero-order chi connectivity index (χ0) is 20.9. The minimum atomic E-state index is -0.328. The molecular weight excluding hydrogens is 383 g/mol. The first kappa shape index (κ1) is 19.9. The maximum absolute atomic E-state index is 13.8. The summed E-state index contributed by atoms with van der Waals surface area (Å²) in [5.41, 5.74) is 8.03. The summed E-state index contributed by atoms with van der Waals surface area (Å²) in [6, 6.07) is 11.6. The van der Waals surface area contributed by atoms with Crippen molar-refractivity contribution in [3.63, 3.8) is 0 Å². The highest BCUT2D eigenvalue weighted by Crippen LogP contribution is 2.35. The molecule has 8 heteroatoms. The van der Waals surface area contributed by atoms with Crippen LogP contribution in [0.2, 0.25) is 0 Å². The standard InChI is InChI=1S/C22H23FN6O/c23-16-7-5-6-15(12-16)17-13-26-22(24)28-21(17)18-8-2-4-11-29(18)14-20(30)27-19-9-1-3-10-25-19/h1,3,5-7,9-10,12-13,18H,2,4,8,11,14H2,(H2,24,26,28)(H,25,27,30)/t18-/m1/s1. The van der Waals surface area contributed by atoms with Crippen molar-refractivity contribution < 1.29 is 9.18 Å². The zero-order valence-corrected chi connectivity index (χ0v) is 16.5. The van der Waals surface area contributed by atoms with Gasteiger partial charge in [-0.3, -0.25) is 9.69 Å². The van der Waals surface area contributed by atoms with Crippen molar-refractivity contribution in [2.75, 3.05) is 24.1 Å². The number of hydrogen-bond donors (Lipinski definition) is 2. The van der Waals surface area contributed by atoms with E-state index >= 15 is 0 Å². The van der Waals surface area contributed by atoms with Crippen LogP contribution in [0.25, 0.3) is 11.1 Å². The predicted molar refractivity (Wildman–Crippen MR) is 113 cm³/mol. The first-order valence-corrected chi connectivity index (χ1v) is 9.93. The molecule has 7 nitrogen and oxygen atoms in total. The van der Waals surface area contributed by atoms with Gasteiger partial charge in [0.1, 0.15) is 11.6 Å². The highest BCUT2D eigenvalue weighted by Gasteiger charge is 2.29. The molecule has 0 unspecified atom stereocenters. The van der Waals surface area contributed by atoms with Gasteiger partial charge in [-0.2, -0.15) is 0 Å². The van der Waals surface area contributed by atoms with Gasteiger partial charge in [0.15, 0.2) is 0 Å². The summed E-state index contributed by atoms with van der Waals surface area (Å²) in [4.78, 5) is 27.5. The number of hydrogen-bond acceptors (Lipinski definition) is 6. The van der Waals surface area contributed by atoms with E-state index in [1.807, 2.05) is 12.1 Å². The van der Waals surface area contributed by atoms with Crippen molar-refractivity contribution in [1.82, 2.24) is 19.9 Å². The van der Waals surface area contributed by atoms with Crippen molar-refractivity contribution in [1.29, 1.82) is 0 Å². The molecule has 1 aliphatic heterocycles. The molecule has 3 N–H and O–H groups in total. The van der Waals surface area contributed by atoms with Crippen molar-refractivity contribution in [3.05, 3.63) is 66.4 Å². The van der Waals surface area contributed by atoms with E-state index in [-0.39, 0.29) is 30.3 Å². The fourth-order valence-electron chi connectivity index (χ4n) is 3.84. The van der Waals surface area contributed by atoms with Crippen LogP contribution in [0.4, 0.5) is 16.2 Å². The SMILES string of the molecule is Nc1ncc(-c2cccc(F)c2)c([C@H]2CCCCN2CC(=O)Nc2ccccn2)n1. The Hall–Kier alpha value is -3.39. The first-order chi connectivity index (χ1) is 14.6. The van der Waals surface area contributed by atoms with Gasteiger partial charge in [0.05, 0.1) is 18.3 Å².